The molecule has 2 aromatic carbocycles. The molecular formula is C25H25ClFN3O8S. The van der Waals surface area contributed by atoms with Gasteiger partial charge in [-0.3, -0.25) is 0 Å². The van der Waals surface area contributed by atoms with Crippen LogP contribution in [0.4, 0.5) is 14.0 Å². The molecule has 1 aliphatic rings. The molecule has 3 aromatic rings. The van der Waals surface area contributed by atoms with Crippen LogP contribution in [-0.2, 0) is 21.2 Å². The average molecular weight is 582 g/mol. The van der Waals surface area contributed by atoms with Crippen LogP contribution in [0.5, 0.6) is 5.75 Å². The normalized spacial score (nSPS) is 13.8. The van der Waals surface area contributed by atoms with E-state index in [-0.39, 0.29) is 60.2 Å². The number of ether oxygens (including phenoxy) is 2. The van der Waals surface area contributed by atoms with E-state index in [0.29, 0.717) is 10.9 Å². The largest absolute Gasteiger partial charge is 0.422 e. The third kappa shape index (κ3) is 6.15. The van der Waals surface area contributed by atoms with Gasteiger partial charge in [0.05, 0.1) is 18.2 Å². The highest BCUT2D eigenvalue weighted by Gasteiger charge is 2.26. The number of carbonyl (C=O) groups excluding carboxylic acids is 2. The Morgan fingerprint density at radius 1 is 1.18 bits per heavy atom. The molecule has 1 fully saturated rings. The Bertz CT molecular complexity index is 1620. The number of nitrogens with one attached hydrogen (secondary N) is 1. The molecule has 0 aliphatic carbocycles. The Morgan fingerprint density at radius 2 is 1.87 bits per heavy atom. The number of fused-ring (bicyclic) bond motifs is 1. The summed E-state index contributed by atoms with van der Waals surface area (Å²) in [7, 11) is -1.56. The lowest BCUT2D eigenvalue weighted by Gasteiger charge is -2.26. The molecule has 11 nitrogen and oxygen atoms in total. The first-order valence-electron chi connectivity index (χ1n) is 11.7. The Hall–Kier alpha value is -3.68. The number of nitrogens with zero attached hydrogens (tertiary/aromatic N) is 2. The molecule has 1 aliphatic heterocycles. The third-order valence-electron chi connectivity index (χ3n) is 6.09. The fourth-order valence-corrected chi connectivity index (χ4v) is 5.23. The summed E-state index contributed by atoms with van der Waals surface area (Å²) in [6, 6.07) is 5.27. The number of amides is 3. The summed E-state index contributed by atoms with van der Waals surface area (Å²) in [5, 5.41) is 0.568. The zero-order valence-electron chi connectivity index (χ0n) is 21.2. The van der Waals surface area contributed by atoms with Gasteiger partial charge >= 0.3 is 17.7 Å². The minimum Gasteiger partial charge on any atom is -0.422 e. The van der Waals surface area contributed by atoms with Gasteiger partial charge in [-0.2, -0.15) is 0 Å². The van der Waals surface area contributed by atoms with Crippen LogP contribution in [0.1, 0.15) is 16.7 Å². The van der Waals surface area contributed by atoms with Crippen molar-refractivity contribution >= 4 is 44.7 Å². The van der Waals surface area contributed by atoms with Crippen LogP contribution in [0.3, 0.4) is 0 Å². The Kier molecular flexibility index (Phi) is 8.14. The number of aryl methyl sites for hydroxylation is 1. The first-order valence-corrected chi connectivity index (χ1v) is 13.6. The van der Waals surface area contributed by atoms with E-state index in [0.717, 1.165) is 12.1 Å². The van der Waals surface area contributed by atoms with E-state index in [4.69, 9.17) is 25.5 Å². The molecule has 0 radical (unpaired) electrons. The molecule has 1 saturated heterocycles. The van der Waals surface area contributed by atoms with E-state index in [1.165, 1.54) is 42.1 Å². The van der Waals surface area contributed by atoms with Gasteiger partial charge in [0.2, 0.25) is 0 Å². The van der Waals surface area contributed by atoms with Gasteiger partial charge in [0, 0.05) is 50.6 Å². The first kappa shape index (κ1) is 28.3. The van der Waals surface area contributed by atoms with Crippen molar-refractivity contribution < 1.29 is 36.3 Å². The van der Waals surface area contributed by atoms with Gasteiger partial charge in [0.25, 0.3) is 10.0 Å². The molecule has 0 spiro atoms. The maximum absolute atomic E-state index is 14.6. The van der Waals surface area contributed by atoms with E-state index >= 15 is 0 Å². The molecule has 0 unspecified atom stereocenters. The molecule has 0 atom stereocenters. The lowest BCUT2D eigenvalue weighted by atomic mass is 9.99. The molecule has 39 heavy (non-hydrogen) atoms. The third-order valence-corrected chi connectivity index (χ3v) is 7.72. The molecule has 2 heterocycles. The summed E-state index contributed by atoms with van der Waals surface area (Å²) in [5.74, 6) is -1.06. The SMILES string of the molecule is Cc1c(Cc2ccc(F)c(S(=O)(=O)NC(=O)N3CCOCC3)c2)c(=O)oc2cc(OC(=O)N(C)C)c(Cl)cc12. The van der Waals surface area contributed by atoms with Gasteiger partial charge in [-0.05, 0) is 36.2 Å². The average Bonchev–Trinajstić information content (AvgIpc) is 2.88. The van der Waals surface area contributed by atoms with Crippen LogP contribution in [0.25, 0.3) is 11.0 Å². The van der Waals surface area contributed by atoms with Gasteiger partial charge < -0.3 is 23.7 Å². The summed E-state index contributed by atoms with van der Waals surface area (Å²) in [4.78, 5) is 38.9. The summed E-state index contributed by atoms with van der Waals surface area (Å²) < 4.78 is 57.9. The standard InChI is InChI=1S/C25H25ClFN3O8S/c1-14-16-12-18(26)21(38-25(33)29(2)3)13-20(16)37-23(31)17(14)10-15-4-5-19(27)22(11-15)39(34,35)28-24(32)30-6-8-36-9-7-30/h4-5,11-13H,6-10H2,1-3H3,(H,28,32). The Labute approximate surface area is 228 Å². The molecule has 1 N–H and O–H groups in total. The van der Waals surface area contributed by atoms with E-state index in [2.05, 4.69) is 0 Å². The monoisotopic (exact) mass is 581 g/mol. The molecule has 4 rings (SSSR count). The summed E-state index contributed by atoms with van der Waals surface area (Å²) in [6.07, 6.45) is -0.769. The van der Waals surface area contributed by atoms with Gasteiger partial charge in [0.15, 0.2) is 5.75 Å². The Morgan fingerprint density at radius 3 is 2.54 bits per heavy atom. The van der Waals surface area contributed by atoms with Crippen LogP contribution in [0.2, 0.25) is 5.02 Å². The molecule has 0 saturated carbocycles. The zero-order chi connectivity index (χ0) is 28.5. The van der Waals surface area contributed by atoms with Crippen molar-refractivity contribution in [2.24, 2.45) is 0 Å². The summed E-state index contributed by atoms with van der Waals surface area (Å²) in [6.45, 7) is 2.58. The first-order chi connectivity index (χ1) is 18.4. The summed E-state index contributed by atoms with van der Waals surface area (Å²) in [5.41, 5.74) is 0.363. The van der Waals surface area contributed by atoms with Gasteiger partial charge in [-0.25, -0.2) is 31.9 Å². The second-order valence-electron chi connectivity index (χ2n) is 8.99. The topological polar surface area (TPSA) is 135 Å². The van der Waals surface area contributed by atoms with Crippen LogP contribution < -0.4 is 15.1 Å². The quantitative estimate of drug-likeness (QED) is 0.454. The summed E-state index contributed by atoms with van der Waals surface area (Å²) >= 11 is 6.29. The van der Waals surface area contributed by atoms with Crippen LogP contribution in [0, 0.1) is 12.7 Å². The molecule has 208 valence electrons. The van der Waals surface area contributed by atoms with Gasteiger partial charge in [0.1, 0.15) is 16.3 Å². The smallest absolute Gasteiger partial charge is 0.414 e. The van der Waals surface area contributed by atoms with E-state index in [1.54, 1.807) is 6.92 Å². The molecule has 14 heteroatoms. The van der Waals surface area contributed by atoms with Crippen LogP contribution in [-0.4, -0.2) is 70.7 Å². The van der Waals surface area contributed by atoms with Crippen LogP contribution in [0.15, 0.2) is 44.4 Å². The second-order valence-corrected chi connectivity index (χ2v) is 11.0. The number of urea groups is 1. The van der Waals surface area contributed by atoms with Crippen molar-refractivity contribution in [3.8, 4) is 5.75 Å². The Balaban J connectivity index is 1.64. The predicted octanol–water partition coefficient (Wildman–Crippen LogP) is 3.28. The molecule has 3 amide bonds. The minimum absolute atomic E-state index is 0.00526. The number of benzene rings is 2. The van der Waals surface area contributed by atoms with Crippen molar-refractivity contribution in [2.45, 2.75) is 18.2 Å². The minimum atomic E-state index is -4.56. The number of morpholine rings is 1. The lowest BCUT2D eigenvalue weighted by molar-refractivity contribution is 0.0545. The van der Waals surface area contributed by atoms with Gasteiger partial charge in [-0.15, -0.1) is 0 Å². The number of sulfonamides is 1. The highest BCUT2D eigenvalue weighted by atomic mass is 35.5. The number of halogens is 2. The maximum Gasteiger partial charge on any atom is 0.414 e. The highest BCUT2D eigenvalue weighted by Crippen LogP contribution is 2.33. The second kappa shape index (κ2) is 11.2. The zero-order valence-corrected chi connectivity index (χ0v) is 22.8. The highest BCUT2D eigenvalue weighted by molar-refractivity contribution is 7.90. The van der Waals surface area contributed by atoms with E-state index in [1.807, 2.05) is 4.72 Å². The number of hydrogen-bond donors (Lipinski definition) is 1. The van der Waals surface area contributed by atoms with Crippen molar-refractivity contribution in [2.75, 3.05) is 40.4 Å². The molecule has 1 aromatic heterocycles. The van der Waals surface area contributed by atoms with E-state index in [9.17, 15) is 27.2 Å². The maximum atomic E-state index is 14.6. The van der Waals surface area contributed by atoms with Gasteiger partial charge in [-0.1, -0.05) is 17.7 Å². The van der Waals surface area contributed by atoms with Crippen molar-refractivity contribution in [3.05, 3.63) is 68.3 Å². The lowest BCUT2D eigenvalue weighted by Crippen LogP contribution is -2.47. The van der Waals surface area contributed by atoms with Crippen LogP contribution >= 0.6 is 11.6 Å². The number of carbonyl (C=O) groups is 2. The van der Waals surface area contributed by atoms with Crippen molar-refractivity contribution in [1.29, 1.82) is 0 Å². The fourth-order valence-electron chi connectivity index (χ4n) is 3.93. The molecule has 0 bridgehead atoms. The predicted molar refractivity (Wildman–Crippen MR) is 139 cm³/mol. The fraction of sp³-hybridized carbons (Fsp3) is 0.320. The van der Waals surface area contributed by atoms with E-state index < -0.39 is 38.5 Å². The van der Waals surface area contributed by atoms with Crippen molar-refractivity contribution in [1.82, 2.24) is 14.5 Å². The number of hydrogen-bond acceptors (Lipinski definition) is 8. The number of rotatable bonds is 5. The van der Waals surface area contributed by atoms with Crippen molar-refractivity contribution in [3.63, 3.8) is 0 Å². The molecular weight excluding hydrogens is 557 g/mol.